The molecule has 0 spiro atoms. The van der Waals surface area contributed by atoms with Crippen molar-refractivity contribution in [2.45, 2.75) is 13.0 Å². The van der Waals surface area contributed by atoms with Crippen LogP contribution < -0.4 is 4.74 Å². The summed E-state index contributed by atoms with van der Waals surface area (Å²) in [6.07, 6.45) is -0.647. The Morgan fingerprint density at radius 2 is 2.24 bits per heavy atom. The molecule has 0 saturated carbocycles. The molecular formula is C12H12FNO2S. The summed E-state index contributed by atoms with van der Waals surface area (Å²) >= 11 is 1.30. The van der Waals surface area contributed by atoms with E-state index in [4.69, 9.17) is 4.74 Å². The van der Waals surface area contributed by atoms with Gasteiger partial charge in [0, 0.05) is 5.38 Å². The smallest absolute Gasteiger partial charge is 0.136 e. The van der Waals surface area contributed by atoms with Gasteiger partial charge in [-0.3, -0.25) is 0 Å². The fourth-order valence-corrected chi connectivity index (χ4v) is 2.27. The van der Waals surface area contributed by atoms with E-state index in [1.807, 2.05) is 0 Å². The molecule has 3 nitrogen and oxygen atoms in total. The Labute approximate surface area is 103 Å². The van der Waals surface area contributed by atoms with Gasteiger partial charge >= 0.3 is 0 Å². The van der Waals surface area contributed by atoms with Crippen LogP contribution in [0.3, 0.4) is 0 Å². The van der Waals surface area contributed by atoms with E-state index < -0.39 is 6.10 Å². The molecule has 1 unspecified atom stereocenters. The number of hydrogen-bond acceptors (Lipinski definition) is 4. The minimum atomic E-state index is -0.647. The fraction of sp³-hybridized carbons (Fsp3) is 0.250. The van der Waals surface area contributed by atoms with Crippen molar-refractivity contribution >= 4 is 11.3 Å². The zero-order valence-electron chi connectivity index (χ0n) is 9.48. The van der Waals surface area contributed by atoms with E-state index in [1.54, 1.807) is 24.4 Å². The van der Waals surface area contributed by atoms with E-state index in [-0.39, 0.29) is 5.82 Å². The van der Waals surface area contributed by atoms with E-state index >= 15 is 0 Å². The second-order valence-corrected chi connectivity index (χ2v) is 4.45. The van der Waals surface area contributed by atoms with Crippen LogP contribution in [0.1, 0.15) is 18.0 Å². The van der Waals surface area contributed by atoms with Gasteiger partial charge in [0.25, 0.3) is 0 Å². The number of aliphatic hydroxyl groups is 1. The predicted molar refractivity (Wildman–Crippen MR) is 64.7 cm³/mol. The second kappa shape index (κ2) is 4.81. The molecule has 0 radical (unpaired) electrons. The molecule has 1 aromatic heterocycles. The van der Waals surface area contributed by atoms with E-state index in [0.717, 1.165) is 0 Å². The molecule has 0 saturated heterocycles. The normalized spacial score (nSPS) is 12.5. The zero-order chi connectivity index (χ0) is 12.4. The summed E-state index contributed by atoms with van der Waals surface area (Å²) in [6, 6.07) is 4.62. The molecule has 0 aliphatic rings. The van der Waals surface area contributed by atoms with Gasteiger partial charge in [0.1, 0.15) is 22.7 Å². The molecule has 0 aliphatic heterocycles. The average molecular weight is 253 g/mol. The molecule has 1 aromatic carbocycles. The van der Waals surface area contributed by atoms with Gasteiger partial charge in [-0.05, 0) is 19.1 Å². The van der Waals surface area contributed by atoms with Crippen molar-refractivity contribution in [3.63, 3.8) is 0 Å². The predicted octanol–water partition coefficient (Wildman–Crippen LogP) is 3.01. The highest BCUT2D eigenvalue weighted by atomic mass is 32.1. The van der Waals surface area contributed by atoms with Crippen molar-refractivity contribution in [2.75, 3.05) is 7.11 Å². The first-order valence-electron chi connectivity index (χ1n) is 5.10. The highest BCUT2D eigenvalue weighted by Crippen LogP contribution is 2.34. The fourth-order valence-electron chi connectivity index (χ4n) is 1.52. The lowest BCUT2D eigenvalue weighted by molar-refractivity contribution is 0.199. The largest absolute Gasteiger partial charge is 0.496 e. The highest BCUT2D eigenvalue weighted by molar-refractivity contribution is 7.10. The Kier molecular flexibility index (Phi) is 3.40. The van der Waals surface area contributed by atoms with Crippen LogP contribution in [0.5, 0.6) is 5.75 Å². The van der Waals surface area contributed by atoms with Crippen LogP contribution in [-0.4, -0.2) is 17.2 Å². The molecular weight excluding hydrogens is 241 g/mol. The number of thiazole rings is 1. The minimum absolute atomic E-state index is 0.332. The van der Waals surface area contributed by atoms with Crippen molar-refractivity contribution in [3.05, 3.63) is 34.4 Å². The third-order valence-electron chi connectivity index (χ3n) is 2.33. The number of ether oxygens (including phenoxy) is 1. The first kappa shape index (κ1) is 12.0. The summed E-state index contributed by atoms with van der Waals surface area (Å²) in [6.45, 7) is 1.63. The minimum Gasteiger partial charge on any atom is -0.496 e. The molecule has 0 bridgehead atoms. The first-order valence-corrected chi connectivity index (χ1v) is 5.97. The number of aromatic nitrogens is 1. The number of nitrogens with zero attached hydrogens (tertiary/aromatic N) is 1. The van der Waals surface area contributed by atoms with Crippen molar-refractivity contribution < 1.29 is 14.2 Å². The molecule has 0 aliphatic carbocycles. The van der Waals surface area contributed by atoms with Gasteiger partial charge in [0.2, 0.25) is 0 Å². The lowest BCUT2D eigenvalue weighted by atomic mass is 10.1. The number of halogens is 1. The third-order valence-corrected chi connectivity index (χ3v) is 3.35. The summed E-state index contributed by atoms with van der Waals surface area (Å²) in [7, 11) is 1.49. The summed E-state index contributed by atoms with van der Waals surface area (Å²) < 4.78 is 18.9. The third kappa shape index (κ3) is 2.30. The number of hydrogen-bond donors (Lipinski definition) is 1. The maximum Gasteiger partial charge on any atom is 0.136 e. The van der Waals surface area contributed by atoms with E-state index in [0.29, 0.717) is 22.0 Å². The topological polar surface area (TPSA) is 42.4 Å². The molecule has 5 heteroatoms. The summed E-state index contributed by atoms with van der Waals surface area (Å²) in [5.41, 5.74) is 0.819. The Morgan fingerprint density at radius 3 is 2.82 bits per heavy atom. The van der Waals surface area contributed by atoms with Crippen molar-refractivity contribution in [1.29, 1.82) is 0 Å². The van der Waals surface area contributed by atoms with Crippen LogP contribution >= 0.6 is 11.3 Å². The maximum atomic E-state index is 13.8. The SMILES string of the molecule is COc1cccc(F)c1-c1csc(C(C)O)n1. The van der Waals surface area contributed by atoms with E-state index in [1.165, 1.54) is 24.5 Å². The Bertz CT molecular complexity index is 525. The number of benzene rings is 1. The lowest BCUT2D eigenvalue weighted by Gasteiger charge is -2.06. The van der Waals surface area contributed by atoms with Crippen molar-refractivity contribution in [2.24, 2.45) is 0 Å². The molecule has 2 aromatic rings. The van der Waals surface area contributed by atoms with Crippen LogP contribution in [-0.2, 0) is 0 Å². The number of rotatable bonds is 3. The van der Waals surface area contributed by atoms with Crippen LogP contribution in [0.15, 0.2) is 23.6 Å². The van der Waals surface area contributed by atoms with E-state index in [9.17, 15) is 9.50 Å². The summed E-state index contributed by atoms with van der Waals surface area (Å²) in [5, 5.41) is 11.7. The average Bonchev–Trinajstić information content (AvgIpc) is 2.77. The van der Waals surface area contributed by atoms with Gasteiger partial charge in [0.15, 0.2) is 0 Å². The van der Waals surface area contributed by atoms with Crippen molar-refractivity contribution in [3.8, 4) is 17.0 Å². The van der Waals surface area contributed by atoms with Crippen molar-refractivity contribution in [1.82, 2.24) is 4.98 Å². The van der Waals surface area contributed by atoms with Crippen LogP contribution in [0.2, 0.25) is 0 Å². The van der Waals surface area contributed by atoms with Gasteiger partial charge < -0.3 is 9.84 Å². The van der Waals surface area contributed by atoms with Crippen LogP contribution in [0, 0.1) is 5.82 Å². The van der Waals surface area contributed by atoms with Gasteiger partial charge in [-0.1, -0.05) is 6.07 Å². The molecule has 1 N–H and O–H groups in total. The molecule has 1 heterocycles. The molecule has 2 rings (SSSR count). The molecule has 1 atom stereocenters. The number of methoxy groups -OCH3 is 1. The molecule has 90 valence electrons. The van der Waals surface area contributed by atoms with Crippen LogP contribution in [0.25, 0.3) is 11.3 Å². The maximum absolute atomic E-state index is 13.8. The Hall–Kier alpha value is -1.46. The summed E-state index contributed by atoms with van der Waals surface area (Å²) in [5.74, 6) is 0.0548. The molecule has 0 amide bonds. The standard InChI is InChI=1S/C12H12FNO2S/c1-7(15)12-14-9(6-17-12)11-8(13)4-3-5-10(11)16-2/h3-7,15H,1-2H3. The Balaban J connectivity index is 2.51. The number of aliphatic hydroxyl groups excluding tert-OH is 1. The monoisotopic (exact) mass is 253 g/mol. The zero-order valence-corrected chi connectivity index (χ0v) is 10.3. The van der Waals surface area contributed by atoms with Gasteiger partial charge in [-0.25, -0.2) is 9.37 Å². The lowest BCUT2D eigenvalue weighted by Crippen LogP contribution is -1.93. The van der Waals surface area contributed by atoms with Gasteiger partial charge in [-0.15, -0.1) is 11.3 Å². The molecule has 0 fully saturated rings. The highest BCUT2D eigenvalue weighted by Gasteiger charge is 2.16. The second-order valence-electron chi connectivity index (χ2n) is 3.56. The van der Waals surface area contributed by atoms with Gasteiger partial charge in [0.05, 0.1) is 18.4 Å². The first-order chi connectivity index (χ1) is 8.13. The molecule has 17 heavy (non-hydrogen) atoms. The van der Waals surface area contributed by atoms with Gasteiger partial charge in [-0.2, -0.15) is 0 Å². The van der Waals surface area contributed by atoms with Crippen LogP contribution in [0.4, 0.5) is 4.39 Å². The Morgan fingerprint density at radius 1 is 1.47 bits per heavy atom. The quantitative estimate of drug-likeness (QED) is 0.914. The van der Waals surface area contributed by atoms with E-state index in [2.05, 4.69) is 4.98 Å². The summed E-state index contributed by atoms with van der Waals surface area (Å²) in [4.78, 5) is 4.20.